The molecule has 1 fully saturated rings. The molecule has 1 saturated heterocycles. The molecule has 2 aliphatic rings. The Morgan fingerprint density at radius 1 is 1.00 bits per heavy atom. The van der Waals surface area contributed by atoms with Crippen molar-refractivity contribution < 1.29 is 24.2 Å². The van der Waals surface area contributed by atoms with Crippen molar-refractivity contribution in [3.63, 3.8) is 0 Å². The predicted octanol–water partition coefficient (Wildman–Crippen LogP) is 3.17. The topological polar surface area (TPSA) is 99.2 Å². The maximum Gasteiger partial charge on any atom is 0.407 e. The molecule has 0 bridgehead atoms. The van der Waals surface area contributed by atoms with Crippen LogP contribution in [0.4, 0.5) is 4.79 Å². The molecular weight excluding hydrogens is 446 g/mol. The highest BCUT2D eigenvalue weighted by molar-refractivity contribution is 5.80. The van der Waals surface area contributed by atoms with Crippen LogP contribution >= 0.6 is 0 Å². The summed E-state index contributed by atoms with van der Waals surface area (Å²) >= 11 is 0. The molecule has 8 heteroatoms. The minimum absolute atomic E-state index is 0.0105. The molecule has 2 amide bonds. The first-order valence-electron chi connectivity index (χ1n) is 12.3. The number of alkyl carbamates (subject to hydrolysis) is 1. The van der Waals surface area contributed by atoms with Crippen LogP contribution in [0.15, 0.2) is 48.5 Å². The average molecular weight is 480 g/mol. The first-order valence-corrected chi connectivity index (χ1v) is 12.3. The molecule has 0 radical (unpaired) electrons. The van der Waals surface area contributed by atoms with Gasteiger partial charge in [0.05, 0.1) is 12.5 Å². The second-order valence-corrected chi connectivity index (χ2v) is 9.16. The predicted molar refractivity (Wildman–Crippen MR) is 132 cm³/mol. The molecule has 8 nitrogen and oxygen atoms in total. The van der Waals surface area contributed by atoms with Crippen LogP contribution in [0.2, 0.25) is 0 Å². The van der Waals surface area contributed by atoms with Gasteiger partial charge in [-0.25, -0.2) is 4.79 Å². The van der Waals surface area contributed by atoms with Gasteiger partial charge in [-0.3, -0.25) is 14.5 Å². The van der Waals surface area contributed by atoms with Crippen molar-refractivity contribution in [3.05, 3.63) is 59.7 Å². The summed E-state index contributed by atoms with van der Waals surface area (Å²) in [4.78, 5) is 40.2. The molecule has 1 atom stereocenters. The highest BCUT2D eigenvalue weighted by Crippen LogP contribution is 2.44. The summed E-state index contributed by atoms with van der Waals surface area (Å²) in [6, 6.07) is 16.4. The number of benzene rings is 2. The third kappa shape index (κ3) is 5.82. The van der Waals surface area contributed by atoms with E-state index < -0.39 is 12.1 Å². The van der Waals surface area contributed by atoms with Crippen LogP contribution < -0.4 is 5.32 Å². The first-order chi connectivity index (χ1) is 17.0. The summed E-state index contributed by atoms with van der Waals surface area (Å²) in [6.45, 7) is 4.64. The fraction of sp³-hybridized carbons (Fsp3) is 0.444. The van der Waals surface area contributed by atoms with Crippen LogP contribution in [0.25, 0.3) is 11.1 Å². The Kier molecular flexibility index (Phi) is 8.02. The number of carboxylic acid groups (broad SMARTS) is 1. The van der Waals surface area contributed by atoms with Crippen LogP contribution in [0.5, 0.6) is 0 Å². The number of carboxylic acids is 1. The molecule has 2 aromatic carbocycles. The van der Waals surface area contributed by atoms with Gasteiger partial charge in [-0.2, -0.15) is 0 Å². The summed E-state index contributed by atoms with van der Waals surface area (Å²) in [6.07, 6.45) is 0.800. The highest BCUT2D eigenvalue weighted by Gasteiger charge is 2.30. The second kappa shape index (κ2) is 11.4. The number of amides is 2. The summed E-state index contributed by atoms with van der Waals surface area (Å²) in [7, 11) is 0. The van der Waals surface area contributed by atoms with Gasteiger partial charge in [-0.15, -0.1) is 0 Å². The summed E-state index contributed by atoms with van der Waals surface area (Å²) in [5, 5.41) is 11.8. The maximum absolute atomic E-state index is 13.1. The van der Waals surface area contributed by atoms with Gasteiger partial charge in [0, 0.05) is 38.6 Å². The molecule has 186 valence electrons. The van der Waals surface area contributed by atoms with Gasteiger partial charge in [0.25, 0.3) is 0 Å². The van der Waals surface area contributed by atoms with Gasteiger partial charge in [0.2, 0.25) is 5.91 Å². The smallest absolute Gasteiger partial charge is 0.407 e. The average Bonchev–Trinajstić information content (AvgIpc) is 2.99. The first kappa shape index (κ1) is 24.7. The number of hydrogen-bond acceptors (Lipinski definition) is 5. The summed E-state index contributed by atoms with van der Waals surface area (Å²) in [5.74, 6) is -1.23. The Balaban J connectivity index is 1.29. The van der Waals surface area contributed by atoms with Crippen molar-refractivity contribution in [2.75, 3.05) is 45.9 Å². The van der Waals surface area contributed by atoms with Crippen molar-refractivity contribution in [1.82, 2.24) is 15.1 Å². The van der Waals surface area contributed by atoms with E-state index in [1.807, 2.05) is 36.1 Å². The molecule has 4 rings (SSSR count). The van der Waals surface area contributed by atoms with Gasteiger partial charge in [-0.05, 0) is 35.1 Å². The zero-order valence-electron chi connectivity index (χ0n) is 20.1. The zero-order chi connectivity index (χ0) is 24.8. The van der Waals surface area contributed by atoms with Gasteiger partial charge in [-0.1, -0.05) is 55.5 Å². The van der Waals surface area contributed by atoms with Gasteiger partial charge in [0.15, 0.2) is 0 Å². The minimum Gasteiger partial charge on any atom is -0.480 e. The van der Waals surface area contributed by atoms with Crippen molar-refractivity contribution in [1.29, 1.82) is 0 Å². The third-order valence-electron chi connectivity index (χ3n) is 6.94. The zero-order valence-corrected chi connectivity index (χ0v) is 20.1. The van der Waals surface area contributed by atoms with Crippen LogP contribution in [-0.4, -0.2) is 78.8 Å². The number of nitrogens with zero attached hydrogens (tertiary/aromatic N) is 2. The summed E-state index contributed by atoms with van der Waals surface area (Å²) in [5.41, 5.74) is 4.66. The Bertz CT molecular complexity index is 1030. The third-order valence-corrected chi connectivity index (χ3v) is 6.94. The quantitative estimate of drug-likeness (QED) is 0.604. The molecule has 2 N–H and O–H groups in total. The Morgan fingerprint density at radius 2 is 1.66 bits per heavy atom. The molecule has 1 aliphatic carbocycles. The van der Waals surface area contributed by atoms with Crippen molar-refractivity contribution >= 4 is 18.0 Å². The van der Waals surface area contributed by atoms with Crippen LogP contribution in [0.1, 0.15) is 36.8 Å². The van der Waals surface area contributed by atoms with E-state index in [1.165, 1.54) is 11.1 Å². The number of carbonyl (C=O) groups is 3. The monoisotopic (exact) mass is 479 g/mol. The summed E-state index contributed by atoms with van der Waals surface area (Å²) < 4.78 is 5.59. The SMILES string of the molecule is CCC(CNC(=O)OCC1c2ccccc2-c2ccccc21)C(=O)N1CCCN(CC(=O)O)CC1. The van der Waals surface area contributed by atoms with Gasteiger partial charge < -0.3 is 20.1 Å². The van der Waals surface area contributed by atoms with Crippen molar-refractivity contribution in [2.45, 2.75) is 25.7 Å². The highest BCUT2D eigenvalue weighted by atomic mass is 16.5. The fourth-order valence-electron chi connectivity index (χ4n) is 5.06. The lowest BCUT2D eigenvalue weighted by molar-refractivity contribution is -0.138. The van der Waals surface area contributed by atoms with E-state index in [0.29, 0.717) is 32.6 Å². The van der Waals surface area contributed by atoms with E-state index >= 15 is 0 Å². The number of fused-ring (bicyclic) bond motifs is 3. The molecule has 1 aliphatic heterocycles. The molecule has 2 aromatic rings. The van der Waals surface area contributed by atoms with E-state index in [-0.39, 0.29) is 37.4 Å². The van der Waals surface area contributed by atoms with E-state index in [2.05, 4.69) is 29.6 Å². The lowest BCUT2D eigenvalue weighted by Crippen LogP contribution is -2.43. The maximum atomic E-state index is 13.1. The molecule has 0 spiro atoms. The number of hydrogen-bond donors (Lipinski definition) is 2. The minimum atomic E-state index is -0.858. The Morgan fingerprint density at radius 3 is 2.29 bits per heavy atom. The number of carbonyl (C=O) groups excluding carboxylic acids is 2. The molecule has 1 unspecified atom stereocenters. The molecule has 0 saturated carbocycles. The van der Waals surface area contributed by atoms with Crippen molar-refractivity contribution in [2.24, 2.45) is 5.92 Å². The van der Waals surface area contributed by atoms with Crippen LogP contribution in [0.3, 0.4) is 0 Å². The second-order valence-electron chi connectivity index (χ2n) is 9.16. The Labute approximate surface area is 205 Å². The number of nitrogens with one attached hydrogen (secondary N) is 1. The fourth-order valence-corrected chi connectivity index (χ4v) is 5.06. The molecule has 1 heterocycles. The van der Waals surface area contributed by atoms with Crippen molar-refractivity contribution in [3.8, 4) is 11.1 Å². The number of aliphatic carboxylic acids is 1. The lowest BCUT2D eigenvalue weighted by Gasteiger charge is -2.26. The number of ether oxygens (including phenoxy) is 1. The molecule has 0 aromatic heterocycles. The number of rotatable bonds is 8. The van der Waals surface area contributed by atoms with Crippen LogP contribution in [-0.2, 0) is 14.3 Å². The van der Waals surface area contributed by atoms with E-state index in [9.17, 15) is 14.4 Å². The lowest BCUT2D eigenvalue weighted by atomic mass is 9.98. The van der Waals surface area contributed by atoms with Crippen LogP contribution in [0, 0.1) is 5.92 Å². The largest absolute Gasteiger partial charge is 0.480 e. The van der Waals surface area contributed by atoms with Gasteiger partial charge in [0.1, 0.15) is 6.61 Å². The normalized spacial score (nSPS) is 16.7. The van der Waals surface area contributed by atoms with E-state index in [4.69, 9.17) is 9.84 Å². The van der Waals surface area contributed by atoms with Gasteiger partial charge >= 0.3 is 12.1 Å². The van der Waals surface area contributed by atoms with E-state index in [1.54, 1.807) is 4.90 Å². The molecule has 35 heavy (non-hydrogen) atoms. The molecular formula is C27H33N3O5. The van der Waals surface area contributed by atoms with E-state index in [0.717, 1.165) is 17.5 Å². The standard InChI is InChI=1S/C27H33N3O5/c1-2-19(26(33)30-13-7-12-29(14-15-30)17-25(31)32)16-28-27(34)35-18-24-22-10-5-3-8-20(22)21-9-4-6-11-23(21)24/h3-6,8-11,19,24H,2,7,12-18H2,1H3,(H,28,34)(H,31,32). The Hall–Kier alpha value is -3.39.